The zero-order valence-corrected chi connectivity index (χ0v) is 19.3. The number of fused-ring (bicyclic) bond motifs is 3. The molecule has 0 saturated heterocycles. The van der Waals surface area contributed by atoms with Crippen molar-refractivity contribution in [3.05, 3.63) is 88.5 Å². The molecule has 6 rings (SSSR count). The molecule has 0 spiro atoms. The average molecular weight is 478 g/mol. The quantitative estimate of drug-likeness (QED) is 0.338. The molecule has 5 aromatic rings. The maximum Gasteiger partial charge on any atom is 0.275 e. The van der Waals surface area contributed by atoms with Gasteiger partial charge in [-0.25, -0.2) is 4.98 Å². The van der Waals surface area contributed by atoms with Crippen LogP contribution in [0.5, 0.6) is 0 Å². The number of anilines is 4. The van der Waals surface area contributed by atoms with Crippen LogP contribution in [0.1, 0.15) is 26.4 Å². The second-order valence-corrected chi connectivity index (χ2v) is 9.26. The number of thiophene rings is 1. The number of furan rings is 1. The summed E-state index contributed by atoms with van der Waals surface area (Å²) in [5, 5.41) is 10.3. The molecule has 4 heterocycles. The number of rotatable bonds is 2. The van der Waals surface area contributed by atoms with Crippen LogP contribution in [0, 0.1) is 11.3 Å². The van der Waals surface area contributed by atoms with Gasteiger partial charge in [0.15, 0.2) is 0 Å². The van der Waals surface area contributed by atoms with Gasteiger partial charge in [0.25, 0.3) is 5.91 Å². The highest BCUT2D eigenvalue weighted by molar-refractivity contribution is 7.21. The van der Waals surface area contributed by atoms with Crippen LogP contribution in [0.3, 0.4) is 0 Å². The number of pyridine rings is 1. The van der Waals surface area contributed by atoms with Gasteiger partial charge in [0.2, 0.25) is 0 Å². The Morgan fingerprint density at radius 1 is 1.00 bits per heavy atom. The average Bonchev–Trinajstić information content (AvgIpc) is 3.47. The van der Waals surface area contributed by atoms with Crippen LogP contribution < -0.4 is 16.4 Å². The van der Waals surface area contributed by atoms with E-state index in [-0.39, 0.29) is 23.0 Å². The number of nitrogen functional groups attached to an aromatic ring is 2. The zero-order valence-electron chi connectivity index (χ0n) is 18.5. The standard InChI is InChI=1S/C27H19N5O2S/c28-14-17-21(20-10-5-13-34-20)22-23(29)24(35-26(22)31-25(17)30)27(33)32-18-8-3-1-6-15(18)11-12-16-7-2-4-9-19(16)32/h1-10,13H,11-12,29H2,(H2,30,31). The third-order valence-corrected chi connectivity index (χ3v) is 7.40. The van der Waals surface area contributed by atoms with E-state index >= 15 is 0 Å². The van der Waals surface area contributed by atoms with Gasteiger partial charge in [-0.05, 0) is 48.2 Å². The van der Waals surface area contributed by atoms with E-state index in [1.165, 1.54) is 17.6 Å². The number of para-hydroxylation sites is 2. The fraction of sp³-hybridized carbons (Fsp3) is 0.0741. The molecule has 0 unspecified atom stereocenters. The van der Waals surface area contributed by atoms with Gasteiger partial charge < -0.3 is 15.9 Å². The van der Waals surface area contributed by atoms with Gasteiger partial charge in [-0.1, -0.05) is 36.4 Å². The highest BCUT2D eigenvalue weighted by atomic mass is 32.1. The second-order valence-electron chi connectivity index (χ2n) is 8.26. The third-order valence-electron chi connectivity index (χ3n) is 6.31. The van der Waals surface area contributed by atoms with Crippen molar-refractivity contribution in [1.29, 1.82) is 5.26 Å². The van der Waals surface area contributed by atoms with Gasteiger partial charge in [-0.3, -0.25) is 9.69 Å². The molecule has 2 aromatic carbocycles. The van der Waals surface area contributed by atoms with Crippen molar-refractivity contribution >= 4 is 50.3 Å². The number of nitrogens with two attached hydrogens (primary N) is 2. The number of aryl methyl sites for hydroxylation is 2. The van der Waals surface area contributed by atoms with Gasteiger partial charge in [0.1, 0.15) is 32.9 Å². The highest BCUT2D eigenvalue weighted by Crippen LogP contribution is 2.45. The smallest absolute Gasteiger partial charge is 0.275 e. The number of hydrogen-bond donors (Lipinski definition) is 2. The fourth-order valence-corrected chi connectivity index (χ4v) is 5.75. The normalized spacial score (nSPS) is 12.6. The minimum absolute atomic E-state index is 0.0668. The van der Waals surface area contributed by atoms with Crippen LogP contribution in [0.2, 0.25) is 0 Å². The summed E-state index contributed by atoms with van der Waals surface area (Å²) >= 11 is 1.17. The predicted molar refractivity (Wildman–Crippen MR) is 138 cm³/mol. The highest BCUT2D eigenvalue weighted by Gasteiger charge is 2.31. The Hall–Kier alpha value is -4.61. The topological polar surface area (TPSA) is 122 Å². The van der Waals surface area contributed by atoms with E-state index in [1.807, 2.05) is 48.5 Å². The molecule has 7 nitrogen and oxygen atoms in total. The van der Waals surface area contributed by atoms with E-state index in [4.69, 9.17) is 15.9 Å². The van der Waals surface area contributed by atoms with E-state index in [1.54, 1.807) is 17.0 Å². The van der Waals surface area contributed by atoms with Gasteiger partial charge in [-0.15, -0.1) is 11.3 Å². The molecule has 3 aromatic heterocycles. The summed E-state index contributed by atoms with van der Waals surface area (Å²) in [5.41, 5.74) is 17.5. The number of carbonyl (C=O) groups excluding carboxylic acids is 1. The minimum Gasteiger partial charge on any atom is -0.464 e. The molecular formula is C27H19N5O2S. The zero-order chi connectivity index (χ0) is 24.1. The Balaban J connectivity index is 1.61. The first-order chi connectivity index (χ1) is 17.1. The number of aromatic nitrogens is 1. The second kappa shape index (κ2) is 8.01. The molecule has 170 valence electrons. The van der Waals surface area contributed by atoms with Gasteiger partial charge in [0, 0.05) is 5.39 Å². The Bertz CT molecular complexity index is 1620. The summed E-state index contributed by atoms with van der Waals surface area (Å²) in [5.74, 6) is 0.251. The number of carbonyl (C=O) groups is 1. The summed E-state index contributed by atoms with van der Waals surface area (Å²) in [6, 6.07) is 21.4. The SMILES string of the molecule is N#Cc1c(N)nc2sc(C(=O)N3c4ccccc4CCc4ccccc43)c(N)c2c1-c1ccco1. The van der Waals surface area contributed by atoms with Gasteiger partial charge in [-0.2, -0.15) is 5.26 Å². The van der Waals surface area contributed by atoms with Crippen molar-refractivity contribution in [3.63, 3.8) is 0 Å². The molecule has 0 fully saturated rings. The lowest BCUT2D eigenvalue weighted by atomic mass is 10.0. The van der Waals surface area contributed by atoms with Crippen LogP contribution in [0.25, 0.3) is 21.5 Å². The van der Waals surface area contributed by atoms with E-state index < -0.39 is 0 Å². The van der Waals surface area contributed by atoms with E-state index in [0.717, 1.165) is 35.3 Å². The Labute approximate surface area is 204 Å². The summed E-state index contributed by atoms with van der Waals surface area (Å²) in [6.45, 7) is 0. The lowest BCUT2D eigenvalue weighted by Gasteiger charge is -2.24. The first-order valence-corrected chi connectivity index (χ1v) is 11.9. The Kier molecular flexibility index (Phi) is 4.80. The molecule has 0 atom stereocenters. The Morgan fingerprint density at radius 2 is 1.66 bits per heavy atom. The van der Waals surface area contributed by atoms with Crippen LogP contribution in [-0.4, -0.2) is 10.9 Å². The summed E-state index contributed by atoms with van der Waals surface area (Å²) in [4.78, 5) is 21.2. The van der Waals surface area contributed by atoms with Crippen molar-refractivity contribution in [2.24, 2.45) is 0 Å². The van der Waals surface area contributed by atoms with Crippen molar-refractivity contribution in [3.8, 4) is 17.4 Å². The largest absolute Gasteiger partial charge is 0.464 e. The molecular weight excluding hydrogens is 458 g/mol. The van der Waals surface area contributed by atoms with Crippen molar-refractivity contribution in [2.75, 3.05) is 16.4 Å². The monoisotopic (exact) mass is 477 g/mol. The maximum absolute atomic E-state index is 14.2. The van der Waals surface area contributed by atoms with E-state index in [2.05, 4.69) is 11.1 Å². The van der Waals surface area contributed by atoms with Crippen LogP contribution >= 0.6 is 11.3 Å². The molecule has 0 aliphatic carbocycles. The third kappa shape index (κ3) is 3.17. The summed E-state index contributed by atoms with van der Waals surface area (Å²) in [7, 11) is 0. The number of nitrogens with zero attached hydrogens (tertiary/aromatic N) is 3. The first-order valence-electron chi connectivity index (χ1n) is 11.0. The number of hydrogen-bond acceptors (Lipinski definition) is 7. The lowest BCUT2D eigenvalue weighted by molar-refractivity contribution is 0.100. The van der Waals surface area contributed by atoms with Crippen LogP contribution in [0.15, 0.2) is 71.3 Å². The molecule has 0 bridgehead atoms. The molecule has 1 amide bonds. The summed E-state index contributed by atoms with van der Waals surface area (Å²) in [6.07, 6.45) is 3.16. The van der Waals surface area contributed by atoms with E-state index in [9.17, 15) is 10.1 Å². The molecule has 0 radical (unpaired) electrons. The van der Waals surface area contributed by atoms with Crippen molar-refractivity contribution in [1.82, 2.24) is 4.98 Å². The predicted octanol–water partition coefficient (Wildman–Crippen LogP) is 5.67. The lowest BCUT2D eigenvalue weighted by Crippen LogP contribution is -2.26. The Morgan fingerprint density at radius 3 is 2.26 bits per heavy atom. The van der Waals surface area contributed by atoms with Crippen molar-refractivity contribution < 1.29 is 9.21 Å². The summed E-state index contributed by atoms with van der Waals surface area (Å²) < 4.78 is 5.60. The molecule has 8 heteroatoms. The maximum atomic E-state index is 14.2. The molecule has 4 N–H and O–H groups in total. The van der Waals surface area contributed by atoms with Crippen LogP contribution in [0.4, 0.5) is 22.9 Å². The fourth-order valence-electron chi connectivity index (χ4n) is 4.71. The molecule has 1 aliphatic rings. The number of amides is 1. The number of benzene rings is 2. The minimum atomic E-state index is -0.255. The molecule has 35 heavy (non-hydrogen) atoms. The molecule has 0 saturated carbocycles. The first kappa shape index (κ1) is 21.0. The van der Waals surface area contributed by atoms with Gasteiger partial charge in [0.05, 0.1) is 28.9 Å². The number of nitriles is 1. The van der Waals surface area contributed by atoms with E-state index in [0.29, 0.717) is 26.4 Å². The van der Waals surface area contributed by atoms with Crippen molar-refractivity contribution in [2.45, 2.75) is 12.8 Å². The van der Waals surface area contributed by atoms with Crippen LogP contribution in [-0.2, 0) is 12.8 Å². The molecule has 1 aliphatic heterocycles. The van der Waals surface area contributed by atoms with Gasteiger partial charge >= 0.3 is 0 Å².